The number of esters is 1. The minimum absolute atomic E-state index is 0.00208. The maximum absolute atomic E-state index is 13.8. The van der Waals surface area contributed by atoms with Gasteiger partial charge in [-0.05, 0) is 55.3 Å². The van der Waals surface area contributed by atoms with Gasteiger partial charge in [0.25, 0.3) is 5.56 Å². The molecule has 1 aliphatic rings. The number of methoxy groups -OCH3 is 1. The fourth-order valence-electron chi connectivity index (χ4n) is 4.79. The molecule has 0 aliphatic carbocycles. The first kappa shape index (κ1) is 31.2. The Labute approximate surface area is 257 Å². The van der Waals surface area contributed by atoms with Crippen LogP contribution in [-0.2, 0) is 15.7 Å². The number of allylic oxidation sites excluding steroid dienone is 1. The molecule has 10 nitrogen and oxygen atoms in total. The second-order valence-corrected chi connectivity index (χ2v) is 10.7. The van der Waals surface area contributed by atoms with Crippen LogP contribution >= 0.6 is 11.3 Å². The number of hydrogen-bond acceptors (Lipinski definition) is 9. The molecule has 1 unspecified atom stereocenters. The maximum atomic E-state index is 13.8. The number of nitrogens with zero attached hydrogens (tertiary/aromatic N) is 3. The molecular weight excluding hydrogens is 615 g/mol. The lowest BCUT2D eigenvalue weighted by Gasteiger charge is -2.24. The number of nitro benzene ring substituents is 1. The first-order valence-electron chi connectivity index (χ1n) is 13.4. The van der Waals surface area contributed by atoms with Crippen molar-refractivity contribution in [1.82, 2.24) is 4.57 Å². The monoisotopic (exact) mass is 639 g/mol. The van der Waals surface area contributed by atoms with Crippen LogP contribution in [0, 0.1) is 10.1 Å². The molecule has 0 amide bonds. The van der Waals surface area contributed by atoms with Gasteiger partial charge in [-0.1, -0.05) is 47.7 Å². The van der Waals surface area contributed by atoms with E-state index in [1.165, 1.54) is 23.8 Å². The number of rotatable bonds is 8. The Hall–Kier alpha value is -5.24. The quantitative estimate of drug-likeness (QED) is 0.141. The SMILES string of the molecule is CCOC(=O)C1=C(C)N=c2sc(=Cc3ccc(Oc4ccc(C(F)(F)F)cc4[N+](=O)[O-])c(OC)c3)c(=O)n2C1c1ccccc1. The molecule has 0 N–H and O–H groups in total. The van der Waals surface area contributed by atoms with E-state index < -0.39 is 45.7 Å². The Bertz CT molecular complexity index is 2020. The minimum atomic E-state index is -4.78. The normalized spacial score (nSPS) is 14.9. The molecule has 1 aliphatic heterocycles. The average Bonchev–Trinajstić information content (AvgIpc) is 3.30. The van der Waals surface area contributed by atoms with Crippen LogP contribution in [0.3, 0.4) is 0 Å². The number of benzene rings is 3. The highest BCUT2D eigenvalue weighted by Crippen LogP contribution is 2.40. The predicted molar refractivity (Wildman–Crippen MR) is 158 cm³/mol. The molecule has 0 saturated carbocycles. The summed E-state index contributed by atoms with van der Waals surface area (Å²) in [5.74, 6) is -0.886. The number of thiazole rings is 1. The summed E-state index contributed by atoms with van der Waals surface area (Å²) in [6.07, 6.45) is -3.19. The Morgan fingerprint density at radius 3 is 2.44 bits per heavy atom. The molecule has 14 heteroatoms. The number of ether oxygens (including phenoxy) is 3. The van der Waals surface area contributed by atoms with E-state index in [2.05, 4.69) is 4.99 Å². The van der Waals surface area contributed by atoms with Gasteiger partial charge < -0.3 is 14.2 Å². The van der Waals surface area contributed by atoms with Crippen LogP contribution in [0.25, 0.3) is 6.08 Å². The molecule has 45 heavy (non-hydrogen) atoms. The van der Waals surface area contributed by atoms with E-state index in [4.69, 9.17) is 14.2 Å². The number of carbonyl (C=O) groups excluding carboxylic acids is 1. The van der Waals surface area contributed by atoms with E-state index in [1.807, 2.05) is 18.2 Å². The van der Waals surface area contributed by atoms with Crippen molar-refractivity contribution in [2.75, 3.05) is 13.7 Å². The zero-order chi connectivity index (χ0) is 32.5. The summed E-state index contributed by atoms with van der Waals surface area (Å²) in [6.45, 7) is 3.52. The van der Waals surface area contributed by atoms with Gasteiger partial charge in [-0.15, -0.1) is 0 Å². The van der Waals surface area contributed by atoms with Gasteiger partial charge in [0.15, 0.2) is 16.3 Å². The van der Waals surface area contributed by atoms with Crippen LogP contribution in [0.15, 0.2) is 87.8 Å². The molecule has 1 aromatic heterocycles. The summed E-state index contributed by atoms with van der Waals surface area (Å²) in [5.41, 5.74) is -0.598. The fraction of sp³-hybridized carbons (Fsp3) is 0.194. The largest absolute Gasteiger partial charge is 0.493 e. The van der Waals surface area contributed by atoms with Gasteiger partial charge >= 0.3 is 17.8 Å². The highest BCUT2D eigenvalue weighted by Gasteiger charge is 2.34. The summed E-state index contributed by atoms with van der Waals surface area (Å²) in [4.78, 5) is 42.2. The topological polar surface area (TPSA) is 122 Å². The molecule has 4 aromatic rings. The highest BCUT2D eigenvalue weighted by atomic mass is 32.1. The van der Waals surface area contributed by atoms with Gasteiger partial charge in [-0.25, -0.2) is 9.79 Å². The molecule has 0 radical (unpaired) electrons. The second kappa shape index (κ2) is 12.4. The average molecular weight is 640 g/mol. The number of halogens is 3. The number of carbonyl (C=O) groups is 1. The first-order chi connectivity index (χ1) is 21.4. The summed E-state index contributed by atoms with van der Waals surface area (Å²) in [7, 11) is 1.32. The lowest BCUT2D eigenvalue weighted by molar-refractivity contribution is -0.385. The van der Waals surface area contributed by atoms with Gasteiger partial charge in [0, 0.05) is 6.07 Å². The Balaban J connectivity index is 1.56. The summed E-state index contributed by atoms with van der Waals surface area (Å²) >= 11 is 1.12. The number of aromatic nitrogens is 1. The molecular formula is C31H24F3N3O7S. The van der Waals surface area contributed by atoms with Gasteiger partial charge in [0.05, 0.1) is 46.0 Å². The van der Waals surface area contributed by atoms with Crippen molar-refractivity contribution in [1.29, 1.82) is 0 Å². The predicted octanol–water partition coefficient (Wildman–Crippen LogP) is 5.53. The van der Waals surface area contributed by atoms with Crippen molar-refractivity contribution >= 4 is 29.1 Å². The number of nitro groups is 1. The fourth-order valence-corrected chi connectivity index (χ4v) is 5.84. The van der Waals surface area contributed by atoms with Crippen LogP contribution < -0.4 is 24.4 Å². The minimum Gasteiger partial charge on any atom is -0.493 e. The molecule has 0 bridgehead atoms. The Morgan fingerprint density at radius 1 is 1.09 bits per heavy atom. The molecule has 3 aromatic carbocycles. The van der Waals surface area contributed by atoms with Crippen LogP contribution in [0.4, 0.5) is 18.9 Å². The number of hydrogen-bond donors (Lipinski definition) is 0. The Kier molecular flexibility index (Phi) is 8.60. The molecule has 2 heterocycles. The molecule has 1 atom stereocenters. The van der Waals surface area contributed by atoms with Gasteiger partial charge in [-0.3, -0.25) is 19.5 Å². The number of fused-ring (bicyclic) bond motifs is 1. The van der Waals surface area contributed by atoms with E-state index in [9.17, 15) is 32.9 Å². The van der Waals surface area contributed by atoms with Crippen LogP contribution in [0.2, 0.25) is 0 Å². The summed E-state index contributed by atoms with van der Waals surface area (Å²) in [5, 5.41) is 11.5. The molecule has 232 valence electrons. The van der Waals surface area contributed by atoms with Crippen molar-refractivity contribution < 1.29 is 37.1 Å². The van der Waals surface area contributed by atoms with Gasteiger partial charge in [0.1, 0.15) is 0 Å². The lowest BCUT2D eigenvalue weighted by atomic mass is 9.96. The van der Waals surface area contributed by atoms with Gasteiger partial charge in [0.2, 0.25) is 5.75 Å². The standard InChI is InChI=1S/C31H24F3N3O7S/c1-4-43-29(39)26-17(2)35-30-36(27(26)19-8-6-5-7-9-19)28(38)25(45-30)15-18-10-12-23(24(14-18)42-3)44-22-13-11-20(31(32,33)34)16-21(22)37(40)41/h5-16,27H,4H2,1-3H3. The summed E-state index contributed by atoms with van der Waals surface area (Å²) < 4.78 is 57.4. The van der Waals surface area contributed by atoms with Gasteiger partial charge in [-0.2, -0.15) is 13.2 Å². The van der Waals surface area contributed by atoms with E-state index in [-0.39, 0.29) is 23.7 Å². The third-order valence-corrected chi connectivity index (χ3v) is 7.80. The maximum Gasteiger partial charge on any atom is 0.416 e. The first-order valence-corrected chi connectivity index (χ1v) is 14.2. The Morgan fingerprint density at radius 2 is 1.80 bits per heavy atom. The zero-order valence-corrected chi connectivity index (χ0v) is 24.8. The highest BCUT2D eigenvalue weighted by molar-refractivity contribution is 7.07. The van der Waals surface area contributed by atoms with E-state index >= 15 is 0 Å². The van der Waals surface area contributed by atoms with E-state index in [0.717, 1.165) is 17.4 Å². The molecule has 0 saturated heterocycles. The lowest BCUT2D eigenvalue weighted by Crippen LogP contribution is -2.39. The molecule has 5 rings (SSSR count). The van der Waals surface area contributed by atoms with Crippen LogP contribution in [-0.4, -0.2) is 29.2 Å². The van der Waals surface area contributed by atoms with E-state index in [0.29, 0.717) is 38.3 Å². The third kappa shape index (κ3) is 6.22. The smallest absolute Gasteiger partial charge is 0.416 e. The second-order valence-electron chi connectivity index (χ2n) is 9.66. The van der Waals surface area contributed by atoms with Crippen molar-refractivity contribution in [2.45, 2.75) is 26.1 Å². The molecule has 0 spiro atoms. The summed E-state index contributed by atoms with van der Waals surface area (Å²) in [6, 6.07) is 14.7. The zero-order valence-electron chi connectivity index (χ0n) is 24.0. The van der Waals surface area contributed by atoms with Crippen LogP contribution in [0.1, 0.15) is 36.6 Å². The van der Waals surface area contributed by atoms with Crippen LogP contribution in [0.5, 0.6) is 17.2 Å². The third-order valence-electron chi connectivity index (χ3n) is 6.82. The number of alkyl halides is 3. The van der Waals surface area contributed by atoms with Crippen molar-refractivity contribution in [2.24, 2.45) is 4.99 Å². The van der Waals surface area contributed by atoms with Crippen molar-refractivity contribution in [3.05, 3.63) is 124 Å². The van der Waals surface area contributed by atoms with E-state index in [1.54, 1.807) is 38.1 Å². The van der Waals surface area contributed by atoms with Crippen molar-refractivity contribution in [3.63, 3.8) is 0 Å². The molecule has 0 fully saturated rings. The van der Waals surface area contributed by atoms with Crippen molar-refractivity contribution in [3.8, 4) is 17.2 Å².